The molecule has 61 heavy (non-hydrogen) atoms. The molecule has 2 unspecified atom stereocenters. The van der Waals surface area contributed by atoms with Crippen LogP contribution in [0.15, 0.2) is 24.3 Å². The highest BCUT2D eigenvalue weighted by atomic mass is 16.6. The molecule has 0 aliphatic carbocycles. The number of nitrogens with zero attached hydrogens (tertiary/aromatic N) is 1. The largest absolute Gasteiger partial charge is 0.544 e. The second kappa shape index (κ2) is 44.4. The molecule has 0 saturated heterocycles. The van der Waals surface area contributed by atoms with Gasteiger partial charge in [-0.1, -0.05) is 205 Å². The van der Waals surface area contributed by atoms with Gasteiger partial charge in [-0.3, -0.25) is 9.59 Å². The number of allylic oxidation sites excluding steroid dienone is 4. The molecule has 0 heterocycles. The standard InChI is InChI=1S/C53H99NO7/c1-6-8-10-12-14-16-18-20-22-24-25-26-27-28-30-31-33-35-37-39-41-43-51(55)60-48-49(47-59-46-45-50(53(57)58)54(3,4)5)61-52(56)44-42-40-38-36-34-32-29-23-21-19-17-15-13-11-9-7-2/h17,19,23,29,49-50H,6-16,18,20-22,24-28,30-48H2,1-5H3/b19-17-,29-23-. The van der Waals surface area contributed by atoms with Gasteiger partial charge in [0.05, 0.1) is 40.3 Å². The normalized spacial score (nSPS) is 13.0. The Kier molecular flexibility index (Phi) is 42.8. The van der Waals surface area contributed by atoms with Crippen molar-refractivity contribution in [1.82, 2.24) is 0 Å². The summed E-state index contributed by atoms with van der Waals surface area (Å²) in [6.07, 6.45) is 50.6. The number of carbonyl (C=O) groups excluding carboxylic acids is 3. The van der Waals surface area contributed by atoms with E-state index >= 15 is 0 Å². The molecule has 2 atom stereocenters. The lowest BCUT2D eigenvalue weighted by Gasteiger charge is -2.34. The summed E-state index contributed by atoms with van der Waals surface area (Å²) in [6, 6.07) is -0.726. The van der Waals surface area contributed by atoms with Gasteiger partial charge in [-0.2, -0.15) is 0 Å². The average molecular weight is 862 g/mol. The third-order valence-corrected chi connectivity index (χ3v) is 11.8. The van der Waals surface area contributed by atoms with Gasteiger partial charge in [-0.25, -0.2) is 0 Å². The topological polar surface area (TPSA) is 102 Å². The van der Waals surface area contributed by atoms with E-state index in [0.29, 0.717) is 12.8 Å². The minimum Gasteiger partial charge on any atom is -0.544 e. The minimum absolute atomic E-state index is 0.0392. The first-order valence-corrected chi connectivity index (χ1v) is 25.9. The molecule has 0 amide bonds. The Hall–Kier alpha value is -2.19. The maximum atomic E-state index is 12.8. The number of ether oxygens (including phenoxy) is 3. The minimum atomic E-state index is -1.12. The van der Waals surface area contributed by atoms with Gasteiger partial charge in [0.15, 0.2) is 6.10 Å². The Morgan fingerprint density at radius 3 is 1.28 bits per heavy atom. The van der Waals surface area contributed by atoms with Gasteiger partial charge >= 0.3 is 11.9 Å². The number of carboxylic acids is 1. The molecule has 0 fully saturated rings. The summed E-state index contributed by atoms with van der Waals surface area (Å²) in [5, 5.41) is 11.7. The maximum Gasteiger partial charge on any atom is 0.306 e. The first-order valence-electron chi connectivity index (χ1n) is 25.9. The monoisotopic (exact) mass is 862 g/mol. The van der Waals surface area contributed by atoms with E-state index in [2.05, 4.69) is 38.2 Å². The maximum absolute atomic E-state index is 12.8. The van der Waals surface area contributed by atoms with Crippen LogP contribution in [-0.4, -0.2) is 75.5 Å². The van der Waals surface area contributed by atoms with Gasteiger partial charge in [-0.05, 0) is 44.9 Å². The molecule has 0 aromatic heterocycles. The number of quaternary nitrogens is 1. The predicted octanol–water partition coefficient (Wildman–Crippen LogP) is 13.5. The van der Waals surface area contributed by atoms with E-state index in [0.717, 1.165) is 64.2 Å². The van der Waals surface area contributed by atoms with Crippen LogP contribution in [0, 0.1) is 0 Å². The molecule has 0 saturated carbocycles. The van der Waals surface area contributed by atoms with E-state index in [1.165, 1.54) is 148 Å². The van der Waals surface area contributed by atoms with Crippen LogP contribution in [-0.2, 0) is 28.6 Å². The van der Waals surface area contributed by atoms with Gasteiger partial charge in [0.1, 0.15) is 12.6 Å². The molecule has 0 bridgehead atoms. The van der Waals surface area contributed by atoms with Gasteiger partial charge in [-0.15, -0.1) is 0 Å². The summed E-state index contributed by atoms with van der Waals surface area (Å²) >= 11 is 0. The van der Waals surface area contributed by atoms with Crippen molar-refractivity contribution >= 4 is 17.9 Å². The van der Waals surface area contributed by atoms with Crippen LogP contribution in [0.1, 0.15) is 245 Å². The van der Waals surface area contributed by atoms with E-state index < -0.39 is 18.1 Å². The number of likely N-dealkylation sites (N-methyl/N-ethyl adjacent to an activating group) is 1. The van der Waals surface area contributed by atoms with E-state index in [1.807, 2.05) is 0 Å². The summed E-state index contributed by atoms with van der Waals surface area (Å²) in [5.74, 6) is -1.74. The van der Waals surface area contributed by atoms with E-state index in [1.54, 1.807) is 21.1 Å². The third-order valence-electron chi connectivity index (χ3n) is 11.8. The van der Waals surface area contributed by atoms with Gasteiger partial charge in [0.25, 0.3) is 0 Å². The molecule has 0 aliphatic heterocycles. The quantitative estimate of drug-likeness (QED) is 0.0260. The van der Waals surface area contributed by atoms with Crippen molar-refractivity contribution in [3.05, 3.63) is 24.3 Å². The zero-order valence-electron chi connectivity index (χ0n) is 40.8. The molecule has 0 aromatic carbocycles. The highest BCUT2D eigenvalue weighted by Crippen LogP contribution is 2.16. The van der Waals surface area contributed by atoms with Gasteiger partial charge in [0.2, 0.25) is 0 Å². The molecule has 8 heteroatoms. The first kappa shape index (κ1) is 58.8. The van der Waals surface area contributed by atoms with Crippen molar-refractivity contribution in [2.24, 2.45) is 0 Å². The Balaban J connectivity index is 4.21. The van der Waals surface area contributed by atoms with E-state index in [4.69, 9.17) is 14.2 Å². The number of unbranched alkanes of at least 4 members (excludes halogenated alkanes) is 29. The molecule has 0 aliphatic rings. The summed E-state index contributed by atoms with van der Waals surface area (Å²) in [6.45, 7) is 4.67. The summed E-state index contributed by atoms with van der Waals surface area (Å²) < 4.78 is 17.2. The van der Waals surface area contributed by atoms with Crippen molar-refractivity contribution in [1.29, 1.82) is 0 Å². The van der Waals surface area contributed by atoms with Crippen LogP contribution in [0.3, 0.4) is 0 Å². The smallest absolute Gasteiger partial charge is 0.306 e. The number of aliphatic carboxylic acids is 1. The van der Waals surface area contributed by atoms with Crippen molar-refractivity contribution in [3.63, 3.8) is 0 Å². The van der Waals surface area contributed by atoms with Crippen molar-refractivity contribution in [2.75, 3.05) is 41.0 Å². The molecule has 0 rings (SSSR count). The van der Waals surface area contributed by atoms with Crippen LogP contribution >= 0.6 is 0 Å². The number of carbonyl (C=O) groups is 3. The fourth-order valence-electron chi connectivity index (χ4n) is 7.81. The fourth-order valence-corrected chi connectivity index (χ4v) is 7.81. The highest BCUT2D eigenvalue weighted by Gasteiger charge is 2.25. The van der Waals surface area contributed by atoms with Crippen LogP contribution in [0.5, 0.6) is 0 Å². The second-order valence-corrected chi connectivity index (χ2v) is 18.8. The molecule has 0 radical (unpaired) electrons. The lowest BCUT2D eigenvalue weighted by atomic mass is 10.0. The second-order valence-electron chi connectivity index (χ2n) is 18.8. The summed E-state index contributed by atoms with van der Waals surface area (Å²) in [5.41, 5.74) is 0. The van der Waals surface area contributed by atoms with Crippen LogP contribution in [0.2, 0.25) is 0 Å². The third kappa shape index (κ3) is 42.9. The van der Waals surface area contributed by atoms with Crippen LogP contribution in [0.25, 0.3) is 0 Å². The van der Waals surface area contributed by atoms with Crippen molar-refractivity contribution in [2.45, 2.75) is 257 Å². The molecule has 358 valence electrons. The number of esters is 2. The first-order chi connectivity index (χ1) is 29.6. The molecule has 8 nitrogen and oxygen atoms in total. The van der Waals surface area contributed by atoms with Crippen molar-refractivity contribution in [3.8, 4) is 0 Å². The summed E-state index contributed by atoms with van der Waals surface area (Å²) in [7, 11) is 5.42. The van der Waals surface area contributed by atoms with Gasteiger partial charge < -0.3 is 28.6 Å². The lowest BCUT2D eigenvalue weighted by molar-refractivity contribution is -0.889. The van der Waals surface area contributed by atoms with E-state index in [-0.39, 0.29) is 42.7 Å². The van der Waals surface area contributed by atoms with Gasteiger partial charge in [0, 0.05) is 19.3 Å². The van der Waals surface area contributed by atoms with E-state index in [9.17, 15) is 19.5 Å². The van der Waals surface area contributed by atoms with Crippen LogP contribution in [0.4, 0.5) is 0 Å². The Bertz CT molecular complexity index is 1050. The predicted molar refractivity (Wildman–Crippen MR) is 254 cm³/mol. The molecular weight excluding hydrogens is 763 g/mol. The summed E-state index contributed by atoms with van der Waals surface area (Å²) in [4.78, 5) is 37.0. The Labute approximate surface area is 377 Å². The number of carboxylic acid groups (broad SMARTS) is 1. The number of hydrogen-bond acceptors (Lipinski definition) is 7. The fraction of sp³-hybridized carbons (Fsp3) is 0.868. The van der Waals surface area contributed by atoms with Crippen LogP contribution < -0.4 is 5.11 Å². The Morgan fingerprint density at radius 1 is 0.492 bits per heavy atom. The lowest BCUT2D eigenvalue weighted by Crippen LogP contribution is -2.55. The molecular formula is C53H99NO7. The average Bonchev–Trinajstić information content (AvgIpc) is 3.22. The molecule has 0 spiro atoms. The highest BCUT2D eigenvalue weighted by molar-refractivity contribution is 5.70. The van der Waals surface area contributed by atoms with Crippen molar-refractivity contribution < 1.29 is 38.2 Å². The SMILES string of the molecule is CCCCCC/C=C\C/C=C\CCCCCCCC(=O)OC(COCCC(C(=O)[O-])[N+](C)(C)C)COC(=O)CCCCCCCCCCCCCCCCCCCCCCC. The molecule has 0 aromatic rings. The zero-order valence-corrected chi connectivity index (χ0v) is 40.8. The number of rotatable bonds is 47. The zero-order chi connectivity index (χ0) is 44.9. The molecule has 0 N–H and O–H groups in total. The Morgan fingerprint density at radius 2 is 0.869 bits per heavy atom. The number of hydrogen-bond donors (Lipinski definition) is 0.